The number of nitrogens with one attached hydrogen (secondary N) is 1. The Bertz CT molecular complexity index is 1210. The third-order valence-corrected chi connectivity index (χ3v) is 4.58. The van der Waals surface area contributed by atoms with Crippen molar-refractivity contribution in [3.05, 3.63) is 86.9 Å². The molecule has 0 spiro atoms. The van der Waals surface area contributed by atoms with Crippen LogP contribution in [0.5, 0.6) is 0 Å². The minimum absolute atomic E-state index is 0.289. The van der Waals surface area contributed by atoms with Gasteiger partial charge in [-0.1, -0.05) is 29.8 Å². The Kier molecular flexibility index (Phi) is 6.96. The largest absolute Gasteiger partial charge is 0.452 e. The highest BCUT2D eigenvalue weighted by atomic mass is 35.5. The molecule has 1 N–H and O–H groups in total. The van der Waals surface area contributed by atoms with Crippen LogP contribution in [0, 0.1) is 22.9 Å². The lowest BCUT2D eigenvalue weighted by Gasteiger charge is -2.06. The number of halogens is 2. The standard InChI is InChI=1S/C21H16ClFN4O5/c1-13-16(21(22)26(25-13)14-5-3-2-4-6-14)8-10-20(29)32-12-19(28)24-18-11-15(27(30)31)7-9-17(18)23/h2-11H,12H2,1H3,(H,24,28)/b10-8+. The molecule has 0 fully saturated rings. The highest BCUT2D eigenvalue weighted by Gasteiger charge is 2.15. The fourth-order valence-electron chi connectivity index (χ4n) is 2.69. The summed E-state index contributed by atoms with van der Waals surface area (Å²) >= 11 is 6.36. The first kappa shape index (κ1) is 22.6. The zero-order valence-electron chi connectivity index (χ0n) is 16.6. The van der Waals surface area contributed by atoms with Crippen LogP contribution in [0.1, 0.15) is 11.3 Å². The number of ether oxygens (including phenoxy) is 1. The first-order valence-corrected chi connectivity index (χ1v) is 9.53. The van der Waals surface area contributed by atoms with Crippen molar-refractivity contribution < 1.29 is 23.6 Å². The molecule has 3 aromatic rings. The van der Waals surface area contributed by atoms with E-state index < -0.39 is 40.6 Å². The van der Waals surface area contributed by atoms with Gasteiger partial charge in [-0.15, -0.1) is 0 Å². The molecule has 0 aliphatic rings. The van der Waals surface area contributed by atoms with Crippen molar-refractivity contribution in [1.82, 2.24) is 9.78 Å². The number of nitrogens with zero attached hydrogens (tertiary/aromatic N) is 3. The Morgan fingerprint density at radius 1 is 1.28 bits per heavy atom. The summed E-state index contributed by atoms with van der Waals surface area (Å²) in [4.78, 5) is 33.9. The molecule has 1 heterocycles. The molecule has 0 radical (unpaired) electrons. The Morgan fingerprint density at radius 3 is 2.69 bits per heavy atom. The molecule has 3 rings (SSSR count). The van der Waals surface area contributed by atoms with Crippen molar-refractivity contribution in [3.63, 3.8) is 0 Å². The van der Waals surface area contributed by atoms with Crippen LogP contribution in [0.2, 0.25) is 5.15 Å². The van der Waals surface area contributed by atoms with Crippen LogP contribution in [-0.4, -0.2) is 33.2 Å². The molecule has 0 aliphatic heterocycles. The number of benzene rings is 2. The number of aromatic nitrogens is 2. The lowest BCUT2D eigenvalue weighted by Crippen LogP contribution is -2.20. The number of non-ortho nitro benzene ring substituents is 1. The average molecular weight is 459 g/mol. The van der Waals surface area contributed by atoms with Crippen molar-refractivity contribution in [2.24, 2.45) is 0 Å². The molecule has 1 aromatic heterocycles. The molecule has 0 saturated heterocycles. The predicted molar refractivity (Wildman–Crippen MR) is 115 cm³/mol. The average Bonchev–Trinajstić information content (AvgIpc) is 3.06. The van der Waals surface area contributed by atoms with Crippen molar-refractivity contribution in [2.45, 2.75) is 6.92 Å². The lowest BCUT2D eigenvalue weighted by atomic mass is 10.2. The number of rotatable bonds is 7. The van der Waals surface area contributed by atoms with E-state index >= 15 is 0 Å². The SMILES string of the molecule is Cc1nn(-c2ccccc2)c(Cl)c1/C=C/C(=O)OCC(=O)Nc1cc([N+](=O)[O-])ccc1F. The zero-order valence-corrected chi connectivity index (χ0v) is 17.4. The number of hydrogen-bond donors (Lipinski definition) is 1. The van der Waals surface area contributed by atoms with Gasteiger partial charge in [-0.05, 0) is 31.2 Å². The molecule has 0 aliphatic carbocycles. The summed E-state index contributed by atoms with van der Waals surface area (Å²) in [5, 5.41) is 17.5. The summed E-state index contributed by atoms with van der Waals surface area (Å²) < 4.78 is 20.1. The van der Waals surface area contributed by atoms with E-state index in [0.29, 0.717) is 11.3 Å². The fourth-order valence-corrected chi connectivity index (χ4v) is 3.02. The van der Waals surface area contributed by atoms with E-state index in [4.69, 9.17) is 16.3 Å². The predicted octanol–water partition coefficient (Wildman–Crippen LogP) is 4.08. The first-order chi connectivity index (χ1) is 15.3. The monoisotopic (exact) mass is 458 g/mol. The molecule has 0 saturated carbocycles. The van der Waals surface area contributed by atoms with Crippen LogP contribution in [0.25, 0.3) is 11.8 Å². The van der Waals surface area contributed by atoms with Crippen LogP contribution in [-0.2, 0) is 14.3 Å². The van der Waals surface area contributed by atoms with E-state index in [1.54, 1.807) is 6.92 Å². The van der Waals surface area contributed by atoms with Crippen LogP contribution >= 0.6 is 11.6 Å². The van der Waals surface area contributed by atoms with E-state index in [0.717, 1.165) is 30.0 Å². The number of esters is 1. The molecule has 11 heteroatoms. The minimum atomic E-state index is -0.865. The second-order valence-electron chi connectivity index (χ2n) is 6.45. The highest BCUT2D eigenvalue weighted by molar-refractivity contribution is 6.31. The van der Waals surface area contributed by atoms with Gasteiger partial charge in [0.1, 0.15) is 11.0 Å². The molecule has 0 unspecified atom stereocenters. The summed E-state index contributed by atoms with van der Waals surface area (Å²) in [5.74, 6) is -2.57. The lowest BCUT2D eigenvalue weighted by molar-refractivity contribution is -0.384. The number of nitro benzene ring substituents is 1. The maximum absolute atomic E-state index is 13.7. The number of aryl methyl sites for hydroxylation is 1. The first-order valence-electron chi connectivity index (χ1n) is 9.15. The second-order valence-corrected chi connectivity index (χ2v) is 6.81. The van der Waals surface area contributed by atoms with Gasteiger partial charge in [-0.2, -0.15) is 5.10 Å². The molecule has 9 nitrogen and oxygen atoms in total. The van der Waals surface area contributed by atoms with Gasteiger partial charge in [0, 0.05) is 23.8 Å². The Labute approximate surface area is 186 Å². The van der Waals surface area contributed by atoms with Crippen molar-refractivity contribution >= 4 is 40.9 Å². The quantitative estimate of drug-likeness (QED) is 0.247. The van der Waals surface area contributed by atoms with Crippen molar-refractivity contribution in [3.8, 4) is 5.69 Å². The van der Waals surface area contributed by atoms with Gasteiger partial charge >= 0.3 is 5.97 Å². The normalized spacial score (nSPS) is 10.8. The molecular formula is C21H16ClFN4O5. The van der Waals surface area contributed by atoms with Crippen molar-refractivity contribution in [1.29, 1.82) is 0 Å². The summed E-state index contributed by atoms with van der Waals surface area (Å²) in [6.45, 7) is 0.999. The number of amides is 1. The van der Waals surface area contributed by atoms with Gasteiger partial charge < -0.3 is 10.1 Å². The van der Waals surface area contributed by atoms with Gasteiger partial charge in [0.25, 0.3) is 11.6 Å². The van der Waals surface area contributed by atoms with E-state index in [9.17, 15) is 24.1 Å². The molecule has 32 heavy (non-hydrogen) atoms. The smallest absolute Gasteiger partial charge is 0.331 e. The van der Waals surface area contributed by atoms with Gasteiger partial charge in [0.2, 0.25) is 0 Å². The molecule has 1 amide bonds. The van der Waals surface area contributed by atoms with Crippen LogP contribution in [0.4, 0.5) is 15.8 Å². The van der Waals surface area contributed by atoms with E-state index in [1.165, 1.54) is 10.8 Å². The molecule has 2 aromatic carbocycles. The second kappa shape index (κ2) is 9.84. The molecule has 164 valence electrons. The van der Waals surface area contributed by atoms with E-state index in [-0.39, 0.29) is 5.15 Å². The summed E-state index contributed by atoms with van der Waals surface area (Å²) in [6, 6.07) is 11.8. The minimum Gasteiger partial charge on any atom is -0.452 e. The van der Waals surface area contributed by atoms with Gasteiger partial charge in [0.05, 0.1) is 22.0 Å². The summed E-state index contributed by atoms with van der Waals surface area (Å²) in [5.41, 5.74) is 1.02. The third kappa shape index (κ3) is 5.35. The summed E-state index contributed by atoms with van der Waals surface area (Å²) in [7, 11) is 0. The fraction of sp³-hybridized carbons (Fsp3) is 0.0952. The number of carbonyl (C=O) groups excluding carboxylic acids is 2. The topological polar surface area (TPSA) is 116 Å². The van der Waals surface area contributed by atoms with Gasteiger partial charge in [0.15, 0.2) is 6.61 Å². The Hall–Kier alpha value is -4.05. The maximum Gasteiger partial charge on any atom is 0.331 e. The number of hydrogen-bond acceptors (Lipinski definition) is 6. The number of carbonyl (C=O) groups is 2. The van der Waals surface area contributed by atoms with E-state index in [2.05, 4.69) is 10.4 Å². The Morgan fingerprint density at radius 2 is 2.00 bits per heavy atom. The van der Waals surface area contributed by atoms with E-state index in [1.807, 2.05) is 30.3 Å². The third-order valence-electron chi connectivity index (χ3n) is 4.22. The maximum atomic E-state index is 13.7. The molecule has 0 bridgehead atoms. The highest BCUT2D eigenvalue weighted by Crippen LogP contribution is 2.25. The molecular weight excluding hydrogens is 443 g/mol. The summed E-state index contributed by atoms with van der Waals surface area (Å²) in [6.07, 6.45) is 2.48. The van der Waals surface area contributed by atoms with Gasteiger partial charge in [-0.3, -0.25) is 14.9 Å². The number of nitro groups is 1. The zero-order chi connectivity index (χ0) is 23.3. The Balaban J connectivity index is 1.61. The molecule has 0 atom stereocenters. The van der Waals surface area contributed by atoms with Crippen molar-refractivity contribution in [2.75, 3.05) is 11.9 Å². The van der Waals surface area contributed by atoms with Crippen LogP contribution in [0.15, 0.2) is 54.6 Å². The van der Waals surface area contributed by atoms with Gasteiger partial charge in [-0.25, -0.2) is 13.9 Å². The van der Waals surface area contributed by atoms with Crippen LogP contribution in [0.3, 0.4) is 0 Å². The van der Waals surface area contributed by atoms with Crippen LogP contribution < -0.4 is 5.32 Å². The number of anilines is 1. The number of para-hydroxylation sites is 1.